The Morgan fingerprint density at radius 3 is 3.00 bits per heavy atom. The summed E-state index contributed by atoms with van der Waals surface area (Å²) in [4.78, 5) is 10.7. The lowest BCUT2D eigenvalue weighted by Crippen LogP contribution is -2.04. The third kappa shape index (κ3) is 1.11. The van der Waals surface area contributed by atoms with Crippen LogP contribution < -0.4 is 0 Å². The normalized spacial score (nSPS) is 9.40. The fourth-order valence-electron chi connectivity index (χ4n) is 0.534. The van der Waals surface area contributed by atoms with Gasteiger partial charge in [0.25, 0.3) is 0 Å². The molecule has 0 radical (unpaired) electrons. The van der Waals surface area contributed by atoms with Crippen molar-refractivity contribution in [2.24, 2.45) is 0 Å². The maximum absolute atomic E-state index is 10.7. The minimum atomic E-state index is -0.493. The van der Waals surface area contributed by atoms with E-state index in [1.165, 1.54) is 19.4 Å². The molecule has 0 unspecified atom stereocenters. The van der Waals surface area contributed by atoms with Gasteiger partial charge in [0, 0.05) is 11.8 Å². The van der Waals surface area contributed by atoms with Crippen LogP contribution in [0.5, 0.6) is 0 Å². The second-order valence-electron chi connectivity index (χ2n) is 1.57. The van der Waals surface area contributed by atoms with Crippen LogP contribution in [-0.4, -0.2) is 22.4 Å². The largest absolute Gasteiger partial charge is 0.464 e. The molecule has 10 heavy (non-hydrogen) atoms. The summed E-state index contributed by atoms with van der Waals surface area (Å²) < 4.78 is 5.33. The standard InChI is InChI=1S/C5H5ClN2O2/c1-10-5(9)4-2-3-7-8(4)6/h2-3H,1H3. The molecule has 0 aromatic carbocycles. The van der Waals surface area contributed by atoms with Crippen LogP contribution in [0.2, 0.25) is 0 Å². The summed E-state index contributed by atoms with van der Waals surface area (Å²) in [6.07, 6.45) is 1.42. The fourth-order valence-corrected chi connectivity index (χ4v) is 0.710. The highest BCUT2D eigenvalue weighted by Gasteiger charge is 2.09. The number of ether oxygens (including phenoxy) is 1. The highest BCUT2D eigenvalue weighted by molar-refractivity contribution is 6.17. The number of halogens is 1. The van der Waals surface area contributed by atoms with Crippen LogP contribution in [-0.2, 0) is 4.74 Å². The zero-order valence-electron chi connectivity index (χ0n) is 5.24. The van der Waals surface area contributed by atoms with Gasteiger partial charge in [0.05, 0.1) is 13.3 Å². The van der Waals surface area contributed by atoms with Crippen LogP contribution in [0.3, 0.4) is 0 Å². The molecule has 0 aliphatic rings. The van der Waals surface area contributed by atoms with Crippen molar-refractivity contribution < 1.29 is 9.53 Å². The number of rotatable bonds is 1. The monoisotopic (exact) mass is 160 g/mol. The molecule has 0 amide bonds. The molecule has 1 rings (SSSR count). The van der Waals surface area contributed by atoms with Gasteiger partial charge in [-0.2, -0.15) is 9.30 Å². The van der Waals surface area contributed by atoms with E-state index >= 15 is 0 Å². The van der Waals surface area contributed by atoms with Gasteiger partial charge in [-0.05, 0) is 6.07 Å². The Bertz CT molecular complexity index is 246. The number of nitrogens with zero attached hydrogens (tertiary/aromatic N) is 2. The summed E-state index contributed by atoms with van der Waals surface area (Å²) >= 11 is 5.42. The highest BCUT2D eigenvalue weighted by Crippen LogP contribution is 2.01. The minimum absolute atomic E-state index is 0.226. The first kappa shape index (κ1) is 7.08. The zero-order chi connectivity index (χ0) is 7.56. The van der Waals surface area contributed by atoms with Gasteiger partial charge < -0.3 is 4.74 Å². The number of hydrogen-bond acceptors (Lipinski definition) is 3. The minimum Gasteiger partial charge on any atom is -0.464 e. The molecule has 5 heteroatoms. The first-order valence-corrected chi connectivity index (χ1v) is 2.88. The molecule has 1 heterocycles. The second-order valence-corrected chi connectivity index (χ2v) is 1.89. The average Bonchev–Trinajstić information content (AvgIpc) is 2.34. The van der Waals surface area contributed by atoms with E-state index in [1.807, 2.05) is 0 Å². The van der Waals surface area contributed by atoms with Gasteiger partial charge in [-0.1, -0.05) is 0 Å². The molecule has 0 fully saturated rings. The van der Waals surface area contributed by atoms with Crippen LogP contribution in [0.25, 0.3) is 0 Å². The number of methoxy groups -OCH3 is 1. The van der Waals surface area contributed by atoms with Gasteiger partial charge in [0.2, 0.25) is 0 Å². The molecular formula is C5H5ClN2O2. The summed E-state index contributed by atoms with van der Waals surface area (Å²) in [6.45, 7) is 0. The Morgan fingerprint density at radius 2 is 2.60 bits per heavy atom. The summed E-state index contributed by atoms with van der Waals surface area (Å²) in [7, 11) is 1.28. The van der Waals surface area contributed by atoms with Crippen molar-refractivity contribution in [2.45, 2.75) is 0 Å². The number of carbonyl (C=O) groups is 1. The van der Waals surface area contributed by atoms with E-state index < -0.39 is 5.97 Å². The molecule has 54 valence electrons. The van der Waals surface area contributed by atoms with Crippen molar-refractivity contribution in [3.05, 3.63) is 18.0 Å². The fraction of sp³-hybridized carbons (Fsp3) is 0.200. The quantitative estimate of drug-likeness (QED) is 0.568. The summed E-state index contributed by atoms with van der Waals surface area (Å²) in [5.74, 6) is -0.493. The predicted molar refractivity (Wildman–Crippen MR) is 34.8 cm³/mol. The van der Waals surface area contributed by atoms with Crippen LogP contribution >= 0.6 is 11.8 Å². The molecule has 0 aliphatic carbocycles. The van der Waals surface area contributed by atoms with E-state index in [9.17, 15) is 4.79 Å². The van der Waals surface area contributed by atoms with Gasteiger partial charge in [-0.15, -0.1) is 0 Å². The van der Waals surface area contributed by atoms with E-state index in [0.717, 1.165) is 4.20 Å². The Balaban J connectivity index is 2.93. The van der Waals surface area contributed by atoms with Gasteiger partial charge in [0.15, 0.2) is 5.69 Å². The summed E-state index contributed by atoms with van der Waals surface area (Å²) in [6, 6.07) is 1.47. The van der Waals surface area contributed by atoms with E-state index in [0.29, 0.717) is 0 Å². The van der Waals surface area contributed by atoms with Crippen molar-refractivity contribution in [1.82, 2.24) is 9.30 Å². The lowest BCUT2D eigenvalue weighted by Gasteiger charge is -1.94. The van der Waals surface area contributed by atoms with Gasteiger partial charge in [0.1, 0.15) is 0 Å². The number of aromatic nitrogens is 2. The summed E-state index contributed by atoms with van der Waals surface area (Å²) in [5.41, 5.74) is 0.226. The molecule has 0 atom stereocenters. The number of carbonyl (C=O) groups excluding carboxylic acids is 1. The molecule has 4 nitrogen and oxygen atoms in total. The molecule has 0 aliphatic heterocycles. The highest BCUT2D eigenvalue weighted by atomic mass is 35.5. The molecule has 0 saturated heterocycles. The maximum Gasteiger partial charge on any atom is 0.357 e. The van der Waals surface area contributed by atoms with E-state index in [-0.39, 0.29) is 5.69 Å². The van der Waals surface area contributed by atoms with Gasteiger partial charge in [-0.25, -0.2) is 4.79 Å². The smallest absolute Gasteiger partial charge is 0.357 e. The first-order valence-electron chi connectivity index (χ1n) is 2.54. The topological polar surface area (TPSA) is 44.1 Å². The molecule has 0 bridgehead atoms. The average molecular weight is 161 g/mol. The van der Waals surface area contributed by atoms with E-state index in [4.69, 9.17) is 11.8 Å². The molecule has 0 saturated carbocycles. The van der Waals surface area contributed by atoms with Crippen molar-refractivity contribution in [3.8, 4) is 0 Å². The predicted octanol–water partition coefficient (Wildman–Crippen LogP) is 0.672. The maximum atomic E-state index is 10.7. The van der Waals surface area contributed by atoms with Crippen LogP contribution in [0, 0.1) is 0 Å². The third-order valence-electron chi connectivity index (χ3n) is 0.994. The summed E-state index contributed by atoms with van der Waals surface area (Å²) in [5, 5.41) is 3.57. The van der Waals surface area contributed by atoms with Crippen LogP contribution in [0.1, 0.15) is 10.5 Å². The van der Waals surface area contributed by atoms with Crippen molar-refractivity contribution in [3.63, 3.8) is 0 Å². The second kappa shape index (κ2) is 2.70. The lowest BCUT2D eigenvalue weighted by molar-refractivity contribution is 0.0592. The van der Waals surface area contributed by atoms with Crippen LogP contribution in [0.4, 0.5) is 0 Å². The Labute approximate surface area is 62.5 Å². The first-order chi connectivity index (χ1) is 4.75. The molecule has 1 aromatic heterocycles. The molecule has 0 spiro atoms. The van der Waals surface area contributed by atoms with E-state index in [1.54, 1.807) is 0 Å². The van der Waals surface area contributed by atoms with Gasteiger partial charge >= 0.3 is 5.97 Å². The molecular weight excluding hydrogens is 156 g/mol. The zero-order valence-corrected chi connectivity index (χ0v) is 6.00. The Hall–Kier alpha value is -1.03. The molecule has 1 aromatic rings. The van der Waals surface area contributed by atoms with Gasteiger partial charge in [-0.3, -0.25) is 0 Å². The number of esters is 1. The van der Waals surface area contributed by atoms with Crippen molar-refractivity contribution in [2.75, 3.05) is 7.11 Å². The lowest BCUT2D eigenvalue weighted by atomic mass is 10.4. The third-order valence-corrected chi connectivity index (χ3v) is 1.26. The van der Waals surface area contributed by atoms with E-state index in [2.05, 4.69) is 9.84 Å². The number of hydrogen-bond donors (Lipinski definition) is 0. The molecule has 0 N–H and O–H groups in total. The van der Waals surface area contributed by atoms with Crippen molar-refractivity contribution >= 4 is 17.7 Å². The SMILES string of the molecule is COC(=O)c1ccnn1Cl. The van der Waals surface area contributed by atoms with Crippen LogP contribution in [0.15, 0.2) is 12.3 Å². The Kier molecular flexibility index (Phi) is 1.91. The Morgan fingerprint density at radius 1 is 1.90 bits per heavy atom. The van der Waals surface area contributed by atoms with Crippen molar-refractivity contribution in [1.29, 1.82) is 0 Å².